The number of rotatable bonds is 2. The summed E-state index contributed by atoms with van der Waals surface area (Å²) in [4.78, 5) is 4.51. The Bertz CT molecular complexity index is 779. The van der Waals surface area contributed by atoms with Crippen LogP contribution in [0.15, 0.2) is 36.5 Å². The van der Waals surface area contributed by atoms with Crippen molar-refractivity contribution < 1.29 is 4.74 Å². The highest BCUT2D eigenvalue weighted by molar-refractivity contribution is 6.36. The number of halogens is 2. The van der Waals surface area contributed by atoms with Crippen LogP contribution in [0.1, 0.15) is 5.69 Å². The van der Waals surface area contributed by atoms with E-state index >= 15 is 0 Å². The third kappa shape index (κ3) is 2.13. The minimum Gasteiger partial charge on any atom is -0.497 e. The Morgan fingerprint density at radius 1 is 1.15 bits per heavy atom. The van der Waals surface area contributed by atoms with Crippen molar-refractivity contribution in [2.45, 2.75) is 6.92 Å². The van der Waals surface area contributed by atoms with Gasteiger partial charge in [0.2, 0.25) is 0 Å². The first-order chi connectivity index (χ1) is 9.60. The van der Waals surface area contributed by atoms with Crippen molar-refractivity contribution in [3.8, 4) is 17.0 Å². The molecule has 0 saturated carbocycles. The molecule has 0 saturated heterocycles. The van der Waals surface area contributed by atoms with Gasteiger partial charge in [0, 0.05) is 11.8 Å². The van der Waals surface area contributed by atoms with Crippen molar-refractivity contribution in [2.24, 2.45) is 0 Å². The second kappa shape index (κ2) is 5.00. The fourth-order valence-electron chi connectivity index (χ4n) is 2.28. The van der Waals surface area contributed by atoms with E-state index in [0.29, 0.717) is 15.7 Å². The summed E-state index contributed by atoms with van der Waals surface area (Å²) in [5, 5.41) is 1.12. The van der Waals surface area contributed by atoms with Gasteiger partial charge in [0.25, 0.3) is 0 Å². The summed E-state index contributed by atoms with van der Waals surface area (Å²) < 4.78 is 7.10. The molecule has 0 aliphatic carbocycles. The van der Waals surface area contributed by atoms with Gasteiger partial charge in [0.05, 0.1) is 28.5 Å². The maximum Gasteiger partial charge on any atom is 0.156 e. The molecule has 3 nitrogen and oxygen atoms in total. The maximum atomic E-state index is 6.19. The highest BCUT2D eigenvalue weighted by atomic mass is 35.5. The summed E-state index contributed by atoms with van der Waals surface area (Å²) >= 11 is 12.3. The highest BCUT2D eigenvalue weighted by Crippen LogP contribution is 2.30. The Morgan fingerprint density at radius 2 is 1.85 bits per heavy atom. The number of benzene rings is 1. The maximum absolute atomic E-state index is 6.19. The molecule has 2 heterocycles. The first-order valence-electron chi connectivity index (χ1n) is 6.08. The molecule has 0 bridgehead atoms. The van der Waals surface area contributed by atoms with Gasteiger partial charge in [0.1, 0.15) is 5.75 Å². The topological polar surface area (TPSA) is 26.5 Å². The molecule has 0 spiro atoms. The van der Waals surface area contributed by atoms with Crippen LogP contribution in [0.25, 0.3) is 16.9 Å². The van der Waals surface area contributed by atoms with Gasteiger partial charge in [-0.15, -0.1) is 0 Å². The molecular formula is C15H12Cl2N2O. The largest absolute Gasteiger partial charge is 0.497 e. The molecule has 1 aromatic carbocycles. The Labute approximate surface area is 126 Å². The number of hydrogen-bond acceptors (Lipinski definition) is 2. The van der Waals surface area contributed by atoms with Crippen LogP contribution < -0.4 is 4.74 Å². The molecule has 3 aromatic rings. The Hall–Kier alpha value is -1.71. The van der Waals surface area contributed by atoms with E-state index in [1.54, 1.807) is 13.2 Å². The molecule has 0 aliphatic rings. The van der Waals surface area contributed by atoms with E-state index in [-0.39, 0.29) is 0 Å². The summed E-state index contributed by atoms with van der Waals surface area (Å²) in [6, 6.07) is 9.51. The number of fused-ring (bicyclic) bond motifs is 1. The van der Waals surface area contributed by atoms with Crippen molar-refractivity contribution in [2.75, 3.05) is 7.11 Å². The molecular weight excluding hydrogens is 295 g/mol. The number of hydrogen-bond donors (Lipinski definition) is 0. The van der Waals surface area contributed by atoms with Crippen LogP contribution in [-0.4, -0.2) is 16.5 Å². The zero-order chi connectivity index (χ0) is 14.3. The molecule has 102 valence electrons. The van der Waals surface area contributed by atoms with Crippen LogP contribution in [0.3, 0.4) is 0 Å². The van der Waals surface area contributed by atoms with E-state index in [0.717, 1.165) is 22.7 Å². The fourth-order valence-corrected chi connectivity index (χ4v) is 2.80. The Morgan fingerprint density at radius 3 is 2.50 bits per heavy atom. The van der Waals surface area contributed by atoms with Crippen molar-refractivity contribution in [1.82, 2.24) is 9.38 Å². The van der Waals surface area contributed by atoms with Crippen LogP contribution in [-0.2, 0) is 0 Å². The molecule has 0 atom stereocenters. The van der Waals surface area contributed by atoms with Crippen LogP contribution in [0, 0.1) is 6.92 Å². The van der Waals surface area contributed by atoms with Crippen LogP contribution >= 0.6 is 23.2 Å². The van der Waals surface area contributed by atoms with Gasteiger partial charge in [-0.1, -0.05) is 23.2 Å². The normalized spacial score (nSPS) is 11.0. The van der Waals surface area contributed by atoms with Gasteiger partial charge in [-0.05, 0) is 37.3 Å². The van der Waals surface area contributed by atoms with Gasteiger partial charge in [-0.25, -0.2) is 4.98 Å². The third-order valence-electron chi connectivity index (χ3n) is 3.18. The standard InChI is InChI=1S/C15H12Cl2N2O/c1-9-14(10-3-5-12(20-2)6-4-10)19-8-11(16)7-13(17)15(19)18-9/h3-8H,1-2H3. The van der Waals surface area contributed by atoms with E-state index in [1.165, 1.54) is 0 Å². The molecule has 0 radical (unpaired) electrons. The van der Waals surface area contributed by atoms with Crippen molar-refractivity contribution in [3.05, 3.63) is 52.3 Å². The molecule has 3 rings (SSSR count). The van der Waals surface area contributed by atoms with Gasteiger partial charge in [0.15, 0.2) is 5.65 Å². The lowest BCUT2D eigenvalue weighted by Gasteiger charge is -2.06. The van der Waals surface area contributed by atoms with E-state index in [4.69, 9.17) is 27.9 Å². The summed E-state index contributed by atoms with van der Waals surface area (Å²) in [5.41, 5.74) is 3.62. The molecule has 0 N–H and O–H groups in total. The number of methoxy groups -OCH3 is 1. The van der Waals surface area contributed by atoms with Crippen LogP contribution in [0.4, 0.5) is 0 Å². The zero-order valence-electron chi connectivity index (χ0n) is 11.0. The van der Waals surface area contributed by atoms with Crippen molar-refractivity contribution in [3.63, 3.8) is 0 Å². The van der Waals surface area contributed by atoms with Crippen molar-refractivity contribution >= 4 is 28.8 Å². The lowest BCUT2D eigenvalue weighted by atomic mass is 10.1. The monoisotopic (exact) mass is 306 g/mol. The lowest BCUT2D eigenvalue weighted by molar-refractivity contribution is 0.415. The Balaban J connectivity index is 2.26. The van der Waals surface area contributed by atoms with Gasteiger partial charge in [-0.3, -0.25) is 4.40 Å². The summed E-state index contributed by atoms with van der Waals surface area (Å²) in [7, 11) is 1.65. The molecule has 0 amide bonds. The second-order valence-electron chi connectivity index (χ2n) is 4.47. The SMILES string of the molecule is COc1ccc(-c2c(C)nc3c(Cl)cc(Cl)cn23)cc1. The number of imidazole rings is 1. The number of aromatic nitrogens is 2. The average molecular weight is 307 g/mol. The first kappa shape index (κ1) is 13.3. The molecule has 0 fully saturated rings. The minimum atomic E-state index is 0.542. The highest BCUT2D eigenvalue weighted by Gasteiger charge is 2.14. The quantitative estimate of drug-likeness (QED) is 0.690. The van der Waals surface area contributed by atoms with Gasteiger partial charge >= 0.3 is 0 Å². The summed E-state index contributed by atoms with van der Waals surface area (Å²) in [5.74, 6) is 0.816. The van der Waals surface area contributed by atoms with E-state index in [9.17, 15) is 0 Å². The van der Waals surface area contributed by atoms with E-state index in [2.05, 4.69) is 4.98 Å². The van der Waals surface area contributed by atoms with Gasteiger partial charge < -0.3 is 4.74 Å². The fraction of sp³-hybridized carbons (Fsp3) is 0.133. The smallest absolute Gasteiger partial charge is 0.156 e. The number of aryl methyl sites for hydroxylation is 1. The summed E-state index contributed by atoms with van der Waals surface area (Å²) in [6.45, 7) is 1.96. The van der Waals surface area contributed by atoms with Crippen LogP contribution in [0.5, 0.6) is 5.75 Å². The molecule has 0 unspecified atom stereocenters. The molecule has 20 heavy (non-hydrogen) atoms. The molecule has 2 aromatic heterocycles. The number of ether oxygens (including phenoxy) is 1. The number of pyridine rings is 1. The second-order valence-corrected chi connectivity index (χ2v) is 5.32. The lowest BCUT2D eigenvalue weighted by Crippen LogP contribution is -1.90. The van der Waals surface area contributed by atoms with E-state index in [1.807, 2.05) is 41.8 Å². The average Bonchev–Trinajstić information content (AvgIpc) is 2.76. The molecule has 0 aliphatic heterocycles. The Kier molecular flexibility index (Phi) is 3.32. The van der Waals surface area contributed by atoms with Crippen molar-refractivity contribution in [1.29, 1.82) is 0 Å². The minimum absolute atomic E-state index is 0.542. The predicted octanol–water partition coefficient (Wildman–Crippen LogP) is 4.63. The zero-order valence-corrected chi connectivity index (χ0v) is 12.5. The van der Waals surface area contributed by atoms with E-state index < -0.39 is 0 Å². The number of nitrogens with zero attached hydrogens (tertiary/aromatic N) is 2. The summed E-state index contributed by atoms with van der Waals surface area (Å²) in [6.07, 6.45) is 1.82. The van der Waals surface area contributed by atoms with Crippen LogP contribution in [0.2, 0.25) is 10.0 Å². The molecule has 5 heteroatoms. The first-order valence-corrected chi connectivity index (χ1v) is 6.84. The van der Waals surface area contributed by atoms with Gasteiger partial charge in [-0.2, -0.15) is 0 Å². The predicted molar refractivity (Wildman–Crippen MR) is 81.9 cm³/mol. The third-order valence-corrected chi connectivity index (χ3v) is 3.66.